The van der Waals surface area contributed by atoms with E-state index in [0.717, 1.165) is 49.6 Å². The van der Waals surface area contributed by atoms with Crippen molar-refractivity contribution in [1.82, 2.24) is 9.97 Å². The summed E-state index contributed by atoms with van der Waals surface area (Å²) < 4.78 is 0. The molecule has 1 fully saturated rings. The minimum atomic E-state index is -0.371. The highest BCUT2D eigenvalue weighted by Gasteiger charge is 2.29. The van der Waals surface area contributed by atoms with Crippen LogP contribution in [0.25, 0.3) is 10.2 Å². The van der Waals surface area contributed by atoms with Gasteiger partial charge in [0.1, 0.15) is 16.5 Å². The zero-order chi connectivity index (χ0) is 19.1. The van der Waals surface area contributed by atoms with Gasteiger partial charge in [0, 0.05) is 18.0 Å². The van der Waals surface area contributed by atoms with Gasteiger partial charge in [0.15, 0.2) is 0 Å². The summed E-state index contributed by atoms with van der Waals surface area (Å²) in [6, 6.07) is 10.1. The molecular weight excluding hydrogens is 366 g/mol. The number of thiophene rings is 1. The number of aryl methyl sites for hydroxylation is 3. The summed E-state index contributed by atoms with van der Waals surface area (Å²) >= 11 is 1.88. The van der Waals surface area contributed by atoms with E-state index in [1.165, 1.54) is 39.9 Å². The van der Waals surface area contributed by atoms with Crippen molar-refractivity contribution in [2.24, 2.45) is 5.92 Å². The summed E-state index contributed by atoms with van der Waals surface area (Å²) in [6.45, 7) is 3.91. The summed E-state index contributed by atoms with van der Waals surface area (Å²) in [5.74, 6) is 2.32. The smallest absolute Gasteiger partial charge is 0.141 e. The average molecular weight is 394 g/mol. The number of rotatable bonds is 3. The van der Waals surface area contributed by atoms with Gasteiger partial charge in [-0.1, -0.05) is 30.3 Å². The van der Waals surface area contributed by atoms with Gasteiger partial charge in [-0.25, -0.2) is 9.97 Å². The van der Waals surface area contributed by atoms with Gasteiger partial charge in [0.05, 0.1) is 11.5 Å². The molecular formula is C23H27N3OS. The van der Waals surface area contributed by atoms with Gasteiger partial charge in [-0.3, -0.25) is 0 Å². The first-order valence-corrected chi connectivity index (χ1v) is 11.3. The largest absolute Gasteiger partial charge is 0.388 e. The Morgan fingerprint density at radius 3 is 2.61 bits per heavy atom. The molecule has 5 heteroatoms. The lowest BCUT2D eigenvalue weighted by Gasteiger charge is -2.35. The molecule has 4 nitrogen and oxygen atoms in total. The van der Waals surface area contributed by atoms with Gasteiger partial charge in [-0.2, -0.15) is 0 Å². The minimum Gasteiger partial charge on any atom is -0.388 e. The third-order valence-electron chi connectivity index (χ3n) is 6.33. The second kappa shape index (κ2) is 7.45. The molecule has 1 aliphatic carbocycles. The first-order chi connectivity index (χ1) is 13.7. The number of aliphatic hydroxyl groups is 1. The number of hydrogen-bond acceptors (Lipinski definition) is 5. The van der Waals surface area contributed by atoms with Crippen LogP contribution in [0.5, 0.6) is 0 Å². The van der Waals surface area contributed by atoms with E-state index < -0.39 is 0 Å². The van der Waals surface area contributed by atoms with E-state index in [0.29, 0.717) is 5.92 Å². The van der Waals surface area contributed by atoms with E-state index in [-0.39, 0.29) is 6.10 Å². The number of piperidine rings is 1. The SMILES string of the molecule is Cc1nc(N2CCC([C@@H](O)c3ccccc3)CC2)c2c3c(sc2n1)CCCC3. The standard InChI is InChI=1S/C23H27N3OS/c1-15-24-22(20-18-9-5-6-10-19(18)28-23(20)25-15)26-13-11-17(12-14-26)21(27)16-7-3-2-4-8-16/h2-4,7-8,17,21,27H,5-6,9-14H2,1H3/t21-/m0/s1. The molecule has 0 radical (unpaired) electrons. The van der Waals surface area contributed by atoms with Crippen LogP contribution in [0.1, 0.15) is 53.6 Å². The predicted octanol–water partition coefficient (Wildman–Crippen LogP) is 4.83. The third-order valence-corrected chi connectivity index (χ3v) is 7.52. The molecule has 2 aromatic heterocycles. The molecule has 0 spiro atoms. The lowest BCUT2D eigenvalue weighted by molar-refractivity contribution is 0.0929. The second-order valence-electron chi connectivity index (χ2n) is 8.17. The fourth-order valence-corrected chi connectivity index (χ4v) is 6.12. The van der Waals surface area contributed by atoms with Crippen LogP contribution in [0.2, 0.25) is 0 Å². The first-order valence-electron chi connectivity index (χ1n) is 10.5. The maximum atomic E-state index is 10.8. The molecule has 5 rings (SSSR count). The maximum absolute atomic E-state index is 10.8. The highest BCUT2D eigenvalue weighted by molar-refractivity contribution is 7.19. The molecule has 146 valence electrons. The van der Waals surface area contributed by atoms with Crippen molar-refractivity contribution < 1.29 is 5.11 Å². The Morgan fingerprint density at radius 1 is 1.07 bits per heavy atom. The summed E-state index contributed by atoms with van der Waals surface area (Å²) in [7, 11) is 0. The summed E-state index contributed by atoms with van der Waals surface area (Å²) in [5, 5.41) is 12.1. The van der Waals surface area contributed by atoms with Crippen molar-refractivity contribution in [2.75, 3.05) is 18.0 Å². The summed E-state index contributed by atoms with van der Waals surface area (Å²) in [6.07, 6.45) is 6.55. The Bertz CT molecular complexity index is 976. The van der Waals surface area contributed by atoms with Crippen LogP contribution in [0.4, 0.5) is 5.82 Å². The highest BCUT2D eigenvalue weighted by atomic mass is 32.1. The van der Waals surface area contributed by atoms with Gasteiger partial charge >= 0.3 is 0 Å². The van der Waals surface area contributed by atoms with Crippen LogP contribution < -0.4 is 4.90 Å². The van der Waals surface area contributed by atoms with E-state index in [2.05, 4.69) is 4.90 Å². The average Bonchev–Trinajstić information content (AvgIpc) is 3.11. The van der Waals surface area contributed by atoms with Crippen LogP contribution in [0.15, 0.2) is 30.3 Å². The molecule has 1 saturated heterocycles. The monoisotopic (exact) mass is 393 g/mol. The molecule has 3 aromatic rings. The second-order valence-corrected chi connectivity index (χ2v) is 9.25. The number of fused-ring (bicyclic) bond motifs is 3. The molecule has 1 atom stereocenters. The number of aromatic nitrogens is 2. The van der Waals surface area contributed by atoms with Crippen molar-refractivity contribution in [1.29, 1.82) is 0 Å². The number of aliphatic hydroxyl groups excluding tert-OH is 1. The molecule has 0 bridgehead atoms. The molecule has 3 heterocycles. The molecule has 0 unspecified atom stereocenters. The van der Waals surface area contributed by atoms with Gasteiger partial charge in [-0.05, 0) is 62.5 Å². The molecule has 0 saturated carbocycles. The van der Waals surface area contributed by atoms with Crippen LogP contribution in [-0.4, -0.2) is 28.2 Å². The van der Waals surface area contributed by atoms with Gasteiger partial charge in [0.2, 0.25) is 0 Å². The quantitative estimate of drug-likeness (QED) is 0.692. The summed E-state index contributed by atoms with van der Waals surface area (Å²) in [4.78, 5) is 14.8. The topological polar surface area (TPSA) is 49.2 Å². The van der Waals surface area contributed by atoms with E-state index in [1.54, 1.807) is 0 Å². The van der Waals surface area contributed by atoms with E-state index in [4.69, 9.17) is 9.97 Å². The lowest BCUT2D eigenvalue weighted by Crippen LogP contribution is -2.36. The number of benzene rings is 1. The summed E-state index contributed by atoms with van der Waals surface area (Å²) in [5.41, 5.74) is 2.54. The van der Waals surface area contributed by atoms with Crippen LogP contribution in [0, 0.1) is 12.8 Å². The number of hydrogen-bond donors (Lipinski definition) is 1. The molecule has 1 aliphatic heterocycles. The van der Waals surface area contributed by atoms with Crippen molar-refractivity contribution >= 4 is 27.4 Å². The predicted molar refractivity (Wildman–Crippen MR) is 115 cm³/mol. The first kappa shape index (κ1) is 18.1. The van der Waals surface area contributed by atoms with Gasteiger partial charge < -0.3 is 10.0 Å². The molecule has 1 aromatic carbocycles. The normalized spacial score (nSPS) is 19.0. The highest BCUT2D eigenvalue weighted by Crippen LogP contribution is 2.41. The molecule has 2 aliphatic rings. The zero-order valence-corrected chi connectivity index (χ0v) is 17.2. The Labute approximate surface area is 170 Å². The molecule has 1 N–H and O–H groups in total. The Kier molecular flexibility index (Phi) is 4.81. The van der Waals surface area contributed by atoms with E-state index in [1.807, 2.05) is 48.6 Å². The molecule has 0 amide bonds. The van der Waals surface area contributed by atoms with E-state index in [9.17, 15) is 5.11 Å². The van der Waals surface area contributed by atoms with Crippen molar-refractivity contribution in [2.45, 2.75) is 51.6 Å². The van der Waals surface area contributed by atoms with Crippen LogP contribution in [0.3, 0.4) is 0 Å². The van der Waals surface area contributed by atoms with Crippen molar-refractivity contribution in [3.63, 3.8) is 0 Å². The van der Waals surface area contributed by atoms with E-state index >= 15 is 0 Å². The van der Waals surface area contributed by atoms with Crippen molar-refractivity contribution in [3.8, 4) is 0 Å². The third kappa shape index (κ3) is 3.20. The zero-order valence-electron chi connectivity index (χ0n) is 16.4. The van der Waals surface area contributed by atoms with Gasteiger partial charge in [-0.15, -0.1) is 11.3 Å². The Morgan fingerprint density at radius 2 is 1.82 bits per heavy atom. The number of nitrogens with zero attached hydrogens (tertiary/aromatic N) is 3. The maximum Gasteiger partial charge on any atom is 0.141 e. The van der Waals surface area contributed by atoms with Crippen molar-refractivity contribution in [3.05, 3.63) is 52.2 Å². The lowest BCUT2D eigenvalue weighted by atomic mass is 9.87. The molecule has 28 heavy (non-hydrogen) atoms. The van der Waals surface area contributed by atoms with Gasteiger partial charge in [0.25, 0.3) is 0 Å². The number of anilines is 1. The Hall–Kier alpha value is -1.98. The fourth-order valence-electron chi connectivity index (χ4n) is 4.82. The fraction of sp³-hybridized carbons (Fsp3) is 0.478. The Balaban J connectivity index is 1.41. The van der Waals surface area contributed by atoms with Crippen LogP contribution in [-0.2, 0) is 12.8 Å². The minimum absolute atomic E-state index is 0.313. The van der Waals surface area contributed by atoms with Crippen LogP contribution >= 0.6 is 11.3 Å².